The van der Waals surface area contributed by atoms with Gasteiger partial charge in [-0.25, -0.2) is 4.39 Å². The molecule has 0 aromatic heterocycles. The molecule has 0 amide bonds. The van der Waals surface area contributed by atoms with Gasteiger partial charge in [0.15, 0.2) is 0 Å². The summed E-state index contributed by atoms with van der Waals surface area (Å²) in [4.78, 5) is 2.38. The van der Waals surface area contributed by atoms with E-state index in [0.717, 1.165) is 18.0 Å². The third-order valence-electron chi connectivity index (χ3n) is 4.25. The number of benzene rings is 1. The minimum absolute atomic E-state index is 0.106. The van der Waals surface area contributed by atoms with Gasteiger partial charge in [0.25, 0.3) is 0 Å². The van der Waals surface area contributed by atoms with Crippen LogP contribution in [0.3, 0.4) is 0 Å². The molecule has 2 rings (SSSR count). The third-order valence-corrected chi connectivity index (χ3v) is 4.25. The predicted molar refractivity (Wildman–Crippen MR) is 77.8 cm³/mol. The molecule has 0 saturated carbocycles. The van der Waals surface area contributed by atoms with Crippen LogP contribution < -0.4 is 5.32 Å². The minimum atomic E-state index is -0.106. The second-order valence-electron chi connectivity index (χ2n) is 5.89. The lowest BCUT2D eigenvalue weighted by Gasteiger charge is -2.30. The van der Waals surface area contributed by atoms with Crippen molar-refractivity contribution in [2.24, 2.45) is 5.92 Å². The Morgan fingerprint density at radius 2 is 2.05 bits per heavy atom. The van der Waals surface area contributed by atoms with E-state index in [1.165, 1.54) is 25.9 Å². The summed E-state index contributed by atoms with van der Waals surface area (Å²) in [6, 6.07) is 5.75. The van der Waals surface area contributed by atoms with Crippen molar-refractivity contribution < 1.29 is 4.39 Å². The standard InChI is InChI=1S/C16H25FN2/c1-12-4-5-15(10-16(12)17)13(2)18-11-14-6-8-19(3)9-7-14/h4-5,10,13-14,18H,6-9,11H2,1-3H3. The Morgan fingerprint density at radius 1 is 1.37 bits per heavy atom. The molecule has 1 fully saturated rings. The van der Waals surface area contributed by atoms with Gasteiger partial charge in [0.1, 0.15) is 5.82 Å². The van der Waals surface area contributed by atoms with Crippen LogP contribution in [0.25, 0.3) is 0 Å². The van der Waals surface area contributed by atoms with Crippen molar-refractivity contribution in [2.75, 3.05) is 26.7 Å². The van der Waals surface area contributed by atoms with Crippen LogP contribution in [0.4, 0.5) is 4.39 Å². The fourth-order valence-electron chi connectivity index (χ4n) is 2.61. The molecule has 1 aromatic carbocycles. The third kappa shape index (κ3) is 4.02. The van der Waals surface area contributed by atoms with Crippen LogP contribution in [0.1, 0.15) is 36.9 Å². The molecule has 1 aliphatic heterocycles. The Bertz CT molecular complexity index is 411. The molecule has 106 valence electrons. The molecule has 1 unspecified atom stereocenters. The smallest absolute Gasteiger partial charge is 0.126 e. The van der Waals surface area contributed by atoms with Gasteiger partial charge in [-0.15, -0.1) is 0 Å². The molecule has 1 aromatic rings. The van der Waals surface area contributed by atoms with Crippen LogP contribution in [-0.2, 0) is 0 Å². The van der Waals surface area contributed by atoms with Crippen molar-refractivity contribution in [1.82, 2.24) is 10.2 Å². The van der Waals surface area contributed by atoms with Crippen LogP contribution in [0, 0.1) is 18.7 Å². The fourth-order valence-corrected chi connectivity index (χ4v) is 2.61. The van der Waals surface area contributed by atoms with E-state index in [1.807, 2.05) is 12.1 Å². The number of hydrogen-bond acceptors (Lipinski definition) is 2. The molecule has 3 heteroatoms. The number of piperidine rings is 1. The Morgan fingerprint density at radius 3 is 2.68 bits per heavy atom. The van der Waals surface area contributed by atoms with Gasteiger partial charge in [-0.3, -0.25) is 0 Å². The molecule has 2 nitrogen and oxygen atoms in total. The largest absolute Gasteiger partial charge is 0.310 e. The molecule has 1 aliphatic rings. The van der Waals surface area contributed by atoms with Crippen LogP contribution in [0.5, 0.6) is 0 Å². The number of rotatable bonds is 4. The molecular weight excluding hydrogens is 239 g/mol. The van der Waals surface area contributed by atoms with E-state index in [9.17, 15) is 4.39 Å². The van der Waals surface area contributed by atoms with Crippen LogP contribution in [-0.4, -0.2) is 31.6 Å². The van der Waals surface area contributed by atoms with E-state index in [4.69, 9.17) is 0 Å². The Labute approximate surface area is 116 Å². The molecule has 0 aliphatic carbocycles. The first kappa shape index (κ1) is 14.5. The number of nitrogens with one attached hydrogen (secondary N) is 1. The van der Waals surface area contributed by atoms with Gasteiger partial charge in [-0.05, 0) is 76.5 Å². The highest BCUT2D eigenvalue weighted by Gasteiger charge is 2.17. The zero-order chi connectivity index (χ0) is 13.8. The topological polar surface area (TPSA) is 15.3 Å². The fraction of sp³-hybridized carbons (Fsp3) is 0.625. The first-order valence-electron chi connectivity index (χ1n) is 7.24. The number of halogens is 1. The van der Waals surface area contributed by atoms with Crippen molar-refractivity contribution >= 4 is 0 Å². The van der Waals surface area contributed by atoms with E-state index >= 15 is 0 Å². The highest BCUT2D eigenvalue weighted by Crippen LogP contribution is 2.19. The molecule has 0 radical (unpaired) electrons. The minimum Gasteiger partial charge on any atom is -0.310 e. The average Bonchev–Trinajstić information content (AvgIpc) is 2.41. The van der Waals surface area contributed by atoms with Gasteiger partial charge >= 0.3 is 0 Å². The zero-order valence-electron chi connectivity index (χ0n) is 12.2. The maximum Gasteiger partial charge on any atom is 0.126 e. The lowest BCUT2D eigenvalue weighted by molar-refractivity contribution is 0.213. The SMILES string of the molecule is Cc1ccc(C(C)NCC2CCN(C)CC2)cc1F. The molecule has 19 heavy (non-hydrogen) atoms. The average molecular weight is 264 g/mol. The second-order valence-corrected chi connectivity index (χ2v) is 5.89. The van der Waals surface area contributed by atoms with Gasteiger partial charge in [-0.2, -0.15) is 0 Å². The number of aryl methyl sites for hydroxylation is 1. The maximum atomic E-state index is 13.5. The lowest BCUT2D eigenvalue weighted by Crippen LogP contribution is -2.35. The highest BCUT2D eigenvalue weighted by atomic mass is 19.1. The van der Waals surface area contributed by atoms with E-state index in [-0.39, 0.29) is 11.9 Å². The van der Waals surface area contributed by atoms with Gasteiger partial charge in [0.05, 0.1) is 0 Å². The molecule has 1 heterocycles. The molecule has 1 N–H and O–H groups in total. The van der Waals surface area contributed by atoms with E-state index < -0.39 is 0 Å². The first-order valence-corrected chi connectivity index (χ1v) is 7.24. The van der Waals surface area contributed by atoms with Crippen molar-refractivity contribution in [3.8, 4) is 0 Å². The molecular formula is C16H25FN2. The number of hydrogen-bond donors (Lipinski definition) is 1. The normalized spacial score (nSPS) is 19.6. The van der Waals surface area contributed by atoms with Crippen LogP contribution in [0.15, 0.2) is 18.2 Å². The van der Waals surface area contributed by atoms with Crippen molar-refractivity contribution in [2.45, 2.75) is 32.7 Å². The second kappa shape index (κ2) is 6.49. The molecule has 0 bridgehead atoms. The Kier molecular flexibility index (Phi) is 4.94. The van der Waals surface area contributed by atoms with Gasteiger partial charge in [-0.1, -0.05) is 12.1 Å². The summed E-state index contributed by atoms with van der Waals surface area (Å²) in [6.45, 7) is 7.33. The predicted octanol–water partition coefficient (Wildman–Crippen LogP) is 3.13. The monoisotopic (exact) mass is 264 g/mol. The van der Waals surface area contributed by atoms with Crippen LogP contribution >= 0.6 is 0 Å². The van der Waals surface area contributed by atoms with Gasteiger partial charge in [0, 0.05) is 6.04 Å². The first-order chi connectivity index (χ1) is 9.06. The van der Waals surface area contributed by atoms with E-state index in [0.29, 0.717) is 5.56 Å². The van der Waals surface area contributed by atoms with Gasteiger partial charge in [0.2, 0.25) is 0 Å². The van der Waals surface area contributed by atoms with E-state index in [2.05, 4.69) is 24.2 Å². The number of likely N-dealkylation sites (tertiary alicyclic amines) is 1. The maximum absolute atomic E-state index is 13.5. The summed E-state index contributed by atoms with van der Waals surface area (Å²) in [7, 11) is 2.18. The zero-order valence-corrected chi connectivity index (χ0v) is 12.2. The number of nitrogens with zero attached hydrogens (tertiary/aromatic N) is 1. The quantitative estimate of drug-likeness (QED) is 0.899. The van der Waals surface area contributed by atoms with Crippen LogP contribution in [0.2, 0.25) is 0 Å². The van der Waals surface area contributed by atoms with Crippen molar-refractivity contribution in [1.29, 1.82) is 0 Å². The molecule has 1 atom stereocenters. The summed E-state index contributed by atoms with van der Waals surface area (Å²) in [5, 5.41) is 3.54. The molecule has 1 saturated heterocycles. The summed E-state index contributed by atoms with van der Waals surface area (Å²) in [6.07, 6.45) is 2.52. The Hall–Kier alpha value is -0.930. The van der Waals surface area contributed by atoms with Gasteiger partial charge < -0.3 is 10.2 Å². The summed E-state index contributed by atoms with van der Waals surface area (Å²) in [5.41, 5.74) is 1.75. The molecule has 0 spiro atoms. The lowest BCUT2D eigenvalue weighted by atomic mass is 9.96. The summed E-state index contributed by atoms with van der Waals surface area (Å²) < 4.78 is 13.5. The van der Waals surface area contributed by atoms with E-state index in [1.54, 1.807) is 13.0 Å². The summed E-state index contributed by atoms with van der Waals surface area (Å²) >= 11 is 0. The highest BCUT2D eigenvalue weighted by molar-refractivity contribution is 5.25. The summed E-state index contributed by atoms with van der Waals surface area (Å²) in [5.74, 6) is 0.652. The van der Waals surface area contributed by atoms with Crippen molar-refractivity contribution in [3.05, 3.63) is 35.1 Å². The Balaban J connectivity index is 1.83. The van der Waals surface area contributed by atoms with Crippen molar-refractivity contribution in [3.63, 3.8) is 0 Å².